The van der Waals surface area contributed by atoms with Gasteiger partial charge in [0.25, 0.3) is 0 Å². The van der Waals surface area contributed by atoms with Gasteiger partial charge in [0.1, 0.15) is 11.9 Å². The van der Waals surface area contributed by atoms with Gasteiger partial charge in [0.05, 0.1) is 26.3 Å². The van der Waals surface area contributed by atoms with E-state index in [4.69, 9.17) is 19.9 Å². The largest absolute Gasteiger partial charge is 0.465 e. The molecule has 2 fully saturated rings. The van der Waals surface area contributed by atoms with Gasteiger partial charge in [-0.1, -0.05) is 0 Å². The number of rotatable bonds is 8. The first-order chi connectivity index (χ1) is 15.9. The van der Waals surface area contributed by atoms with Crippen molar-refractivity contribution in [2.75, 3.05) is 63.9 Å². The highest BCUT2D eigenvalue weighted by Crippen LogP contribution is 2.23. The molecule has 0 unspecified atom stereocenters. The van der Waals surface area contributed by atoms with E-state index < -0.39 is 12.2 Å². The number of esters is 1. The smallest absolute Gasteiger partial charge is 0.435 e. The molecule has 2 aliphatic rings. The molecule has 0 aromatic heterocycles. The number of anilines is 1. The quantitative estimate of drug-likeness (QED) is 0.262. The van der Waals surface area contributed by atoms with Crippen molar-refractivity contribution in [2.45, 2.75) is 20.0 Å². The molecule has 2 heterocycles. The molecule has 0 radical (unpaired) electrons. The summed E-state index contributed by atoms with van der Waals surface area (Å²) in [4.78, 5) is 45.1. The molecular formula is C22H31N5O6. The number of nitrogens with two attached hydrogens (primary N) is 1. The van der Waals surface area contributed by atoms with Gasteiger partial charge in [-0.25, -0.2) is 9.59 Å². The maximum Gasteiger partial charge on any atom is 0.435 e. The fourth-order valence-electron chi connectivity index (χ4n) is 3.77. The Labute approximate surface area is 193 Å². The number of aliphatic imine (C=N–C) groups is 1. The van der Waals surface area contributed by atoms with Crippen molar-refractivity contribution in [2.24, 2.45) is 10.7 Å². The minimum atomic E-state index is -0.744. The van der Waals surface area contributed by atoms with Crippen LogP contribution in [-0.4, -0.2) is 98.9 Å². The summed E-state index contributed by atoms with van der Waals surface area (Å²) in [5, 5.41) is 0. The lowest BCUT2D eigenvalue weighted by atomic mass is 10.1. The van der Waals surface area contributed by atoms with E-state index in [9.17, 15) is 14.4 Å². The molecule has 2 aliphatic heterocycles. The molecule has 0 bridgehead atoms. The van der Waals surface area contributed by atoms with Crippen LogP contribution in [0.1, 0.15) is 19.4 Å². The average molecular weight is 462 g/mol. The molecule has 33 heavy (non-hydrogen) atoms. The molecule has 11 heteroatoms. The van der Waals surface area contributed by atoms with Gasteiger partial charge in [-0.15, -0.1) is 0 Å². The average Bonchev–Trinajstić information content (AvgIpc) is 3.15. The van der Waals surface area contributed by atoms with Gasteiger partial charge in [-0.3, -0.25) is 19.5 Å². The Kier molecular flexibility index (Phi) is 8.61. The van der Waals surface area contributed by atoms with Gasteiger partial charge in [0.2, 0.25) is 0 Å². The van der Waals surface area contributed by atoms with E-state index in [2.05, 4.69) is 14.8 Å². The third kappa shape index (κ3) is 6.90. The highest BCUT2D eigenvalue weighted by Gasteiger charge is 2.34. The predicted octanol–water partition coefficient (Wildman–Crippen LogP) is 1.05. The number of hydrogen-bond donors (Lipinski definition) is 1. The van der Waals surface area contributed by atoms with Crippen molar-refractivity contribution in [3.05, 3.63) is 29.8 Å². The van der Waals surface area contributed by atoms with Gasteiger partial charge in [0, 0.05) is 44.0 Å². The van der Waals surface area contributed by atoms with Crippen LogP contribution in [0.4, 0.5) is 15.3 Å². The van der Waals surface area contributed by atoms with Gasteiger partial charge < -0.3 is 19.9 Å². The Hall–Kier alpha value is -3.18. The van der Waals surface area contributed by atoms with Gasteiger partial charge >= 0.3 is 18.2 Å². The van der Waals surface area contributed by atoms with E-state index in [1.165, 1.54) is 0 Å². The summed E-state index contributed by atoms with van der Waals surface area (Å²) in [6.07, 6.45) is -1.39. The number of amidine groups is 1. The Bertz CT molecular complexity index is 867. The first-order valence-electron chi connectivity index (χ1n) is 11.1. The van der Waals surface area contributed by atoms with Crippen LogP contribution in [0.25, 0.3) is 0 Å². The van der Waals surface area contributed by atoms with Crippen molar-refractivity contribution < 1.29 is 28.6 Å². The second kappa shape index (κ2) is 11.6. The number of hydrogen-bond acceptors (Lipinski definition) is 8. The number of cyclic esters (lactones) is 1. The van der Waals surface area contributed by atoms with Crippen molar-refractivity contribution in [3.63, 3.8) is 0 Å². The molecule has 1 atom stereocenters. The zero-order valence-corrected chi connectivity index (χ0v) is 19.1. The summed E-state index contributed by atoms with van der Waals surface area (Å²) in [7, 11) is 0. The molecule has 2 amide bonds. The lowest BCUT2D eigenvalue weighted by Gasteiger charge is -2.34. The van der Waals surface area contributed by atoms with E-state index in [-0.39, 0.29) is 24.5 Å². The SMILES string of the molecule is CCOC(=O)CN1CCN(C[C@@H]2CN(c3ccc(/C(N)=N\C(=O)OCC)cc3)C(=O)O2)CC1. The van der Waals surface area contributed by atoms with E-state index in [1.807, 2.05) is 0 Å². The molecule has 1 aromatic carbocycles. The van der Waals surface area contributed by atoms with E-state index in [1.54, 1.807) is 43.0 Å². The molecule has 180 valence electrons. The Morgan fingerprint density at radius 2 is 1.70 bits per heavy atom. The van der Waals surface area contributed by atoms with E-state index in [0.717, 1.165) is 26.2 Å². The normalized spacial score (nSPS) is 19.9. The highest BCUT2D eigenvalue weighted by molar-refractivity contribution is 6.03. The number of amides is 2. The number of carbonyl (C=O) groups is 3. The van der Waals surface area contributed by atoms with E-state index in [0.29, 0.717) is 37.5 Å². The van der Waals surface area contributed by atoms with Crippen LogP contribution in [0, 0.1) is 0 Å². The van der Waals surface area contributed by atoms with Crippen molar-refractivity contribution in [3.8, 4) is 0 Å². The van der Waals surface area contributed by atoms with Crippen molar-refractivity contribution >= 4 is 29.7 Å². The molecular weight excluding hydrogens is 430 g/mol. The zero-order chi connectivity index (χ0) is 23.8. The van der Waals surface area contributed by atoms with Gasteiger partial charge in [-0.05, 0) is 38.1 Å². The third-order valence-electron chi connectivity index (χ3n) is 5.41. The number of piperazine rings is 1. The number of ether oxygens (including phenoxy) is 3. The predicted molar refractivity (Wildman–Crippen MR) is 121 cm³/mol. The van der Waals surface area contributed by atoms with Crippen LogP contribution >= 0.6 is 0 Å². The van der Waals surface area contributed by atoms with Gasteiger partial charge in [0.15, 0.2) is 0 Å². The fraction of sp³-hybridized carbons (Fsp3) is 0.545. The van der Waals surface area contributed by atoms with Crippen LogP contribution in [0.2, 0.25) is 0 Å². The first kappa shape index (κ1) is 24.5. The number of carbonyl (C=O) groups excluding carboxylic acids is 3. The third-order valence-corrected chi connectivity index (χ3v) is 5.41. The number of benzene rings is 1. The second-order valence-electron chi connectivity index (χ2n) is 7.74. The first-order valence-corrected chi connectivity index (χ1v) is 11.1. The molecule has 2 N–H and O–H groups in total. The summed E-state index contributed by atoms with van der Waals surface area (Å²) in [6, 6.07) is 6.86. The Morgan fingerprint density at radius 1 is 1.06 bits per heavy atom. The Morgan fingerprint density at radius 3 is 2.33 bits per heavy atom. The number of nitrogens with zero attached hydrogens (tertiary/aromatic N) is 4. The lowest BCUT2D eigenvalue weighted by molar-refractivity contribution is -0.144. The maximum atomic E-state index is 12.4. The topological polar surface area (TPSA) is 127 Å². The van der Waals surface area contributed by atoms with Crippen LogP contribution in [0.5, 0.6) is 0 Å². The van der Waals surface area contributed by atoms with Crippen LogP contribution in [0.3, 0.4) is 0 Å². The molecule has 0 aliphatic carbocycles. The fourth-order valence-corrected chi connectivity index (χ4v) is 3.77. The van der Waals surface area contributed by atoms with E-state index >= 15 is 0 Å². The second-order valence-corrected chi connectivity index (χ2v) is 7.74. The molecule has 3 rings (SSSR count). The lowest BCUT2D eigenvalue weighted by Crippen LogP contribution is -2.50. The van der Waals surface area contributed by atoms with Crippen LogP contribution in [-0.2, 0) is 19.0 Å². The summed E-state index contributed by atoms with van der Waals surface area (Å²) in [6.45, 7) is 8.58. The summed E-state index contributed by atoms with van der Waals surface area (Å²) >= 11 is 0. The molecule has 1 aromatic rings. The summed E-state index contributed by atoms with van der Waals surface area (Å²) in [5.74, 6) is -0.157. The minimum Gasteiger partial charge on any atom is -0.465 e. The standard InChI is InChI=1S/C22H31N5O6/c1-3-31-19(28)15-26-11-9-25(10-12-26)13-18-14-27(22(30)33-18)17-7-5-16(6-8-17)20(23)24-21(29)32-4-2/h5-8,18H,3-4,9-15H2,1-2H3,(H2,23,24,29)/t18-/m1/s1. The van der Waals surface area contributed by atoms with Crippen LogP contribution < -0.4 is 10.6 Å². The monoisotopic (exact) mass is 461 g/mol. The summed E-state index contributed by atoms with van der Waals surface area (Å²) < 4.78 is 15.3. The minimum absolute atomic E-state index is 0.0453. The van der Waals surface area contributed by atoms with Crippen LogP contribution in [0.15, 0.2) is 29.3 Å². The zero-order valence-electron chi connectivity index (χ0n) is 19.1. The highest BCUT2D eigenvalue weighted by atomic mass is 16.6. The molecule has 0 spiro atoms. The maximum absolute atomic E-state index is 12.4. The van der Waals surface area contributed by atoms with Crippen molar-refractivity contribution in [1.29, 1.82) is 0 Å². The molecule has 11 nitrogen and oxygen atoms in total. The van der Waals surface area contributed by atoms with Gasteiger partial charge in [-0.2, -0.15) is 4.99 Å². The molecule has 2 saturated heterocycles. The Balaban J connectivity index is 1.49. The summed E-state index contributed by atoms with van der Waals surface area (Å²) in [5.41, 5.74) is 7.07. The molecule has 0 saturated carbocycles. The van der Waals surface area contributed by atoms with Crippen molar-refractivity contribution in [1.82, 2.24) is 9.80 Å².